The fourth-order valence-corrected chi connectivity index (χ4v) is 8.16. The number of Topliss-reactive ketones (excluding diaryl/α,β-unsaturated/α-hetero) is 1. The minimum Gasteiger partial charge on any atom is -0.497 e. The molecule has 3 N–H and O–H groups in total. The van der Waals surface area contributed by atoms with Gasteiger partial charge >= 0.3 is 0 Å². The minimum absolute atomic E-state index is 0.0174. The monoisotopic (exact) mass is 553 g/mol. The van der Waals surface area contributed by atoms with Gasteiger partial charge in [0.15, 0.2) is 5.78 Å². The Labute approximate surface area is 244 Å². The molecule has 0 bridgehead atoms. The molecule has 4 atom stereocenters. The number of H-pyrrole nitrogens is 1. The van der Waals surface area contributed by atoms with E-state index in [1.54, 1.807) is 7.11 Å². The number of anilines is 1. The number of aromatic nitrogens is 1. The van der Waals surface area contributed by atoms with Crippen molar-refractivity contribution in [3.05, 3.63) is 131 Å². The highest BCUT2D eigenvalue weighted by molar-refractivity contribution is 6.16. The maximum Gasteiger partial charge on any atom is 0.250 e. The van der Waals surface area contributed by atoms with E-state index in [1.165, 1.54) is 0 Å². The van der Waals surface area contributed by atoms with E-state index in [0.717, 1.165) is 50.2 Å². The number of aryl methyl sites for hydroxylation is 2. The number of amides is 1. The van der Waals surface area contributed by atoms with Gasteiger partial charge in [0.25, 0.3) is 0 Å². The molecule has 208 valence electrons. The van der Waals surface area contributed by atoms with Crippen molar-refractivity contribution in [1.29, 1.82) is 0 Å². The number of nitrogens with one attached hydrogen (secondary N) is 3. The van der Waals surface area contributed by atoms with Gasteiger partial charge in [-0.25, -0.2) is 0 Å². The molecule has 2 aliphatic heterocycles. The van der Waals surface area contributed by atoms with E-state index < -0.39 is 11.0 Å². The molecule has 1 amide bonds. The third kappa shape index (κ3) is 3.13. The maximum absolute atomic E-state index is 15.4. The Morgan fingerprint density at radius 3 is 2.40 bits per heavy atom. The van der Waals surface area contributed by atoms with Crippen LogP contribution in [0.2, 0.25) is 0 Å². The largest absolute Gasteiger partial charge is 0.497 e. The quantitative estimate of drug-likeness (QED) is 0.236. The van der Waals surface area contributed by atoms with Crippen molar-refractivity contribution in [2.75, 3.05) is 12.4 Å². The summed E-state index contributed by atoms with van der Waals surface area (Å²) in [6, 6.07) is 32.0. The Morgan fingerprint density at radius 1 is 0.857 bits per heavy atom. The summed E-state index contributed by atoms with van der Waals surface area (Å²) in [6.45, 7) is 2.07. The lowest BCUT2D eigenvalue weighted by molar-refractivity contribution is -0.125. The van der Waals surface area contributed by atoms with Crippen molar-refractivity contribution in [1.82, 2.24) is 10.3 Å². The van der Waals surface area contributed by atoms with E-state index in [4.69, 9.17) is 4.74 Å². The summed E-state index contributed by atoms with van der Waals surface area (Å²) in [5, 5.41) is 8.10. The van der Waals surface area contributed by atoms with Crippen molar-refractivity contribution in [2.45, 2.75) is 37.3 Å². The van der Waals surface area contributed by atoms with Gasteiger partial charge in [-0.15, -0.1) is 0 Å². The average molecular weight is 554 g/mol. The van der Waals surface area contributed by atoms with E-state index in [0.29, 0.717) is 18.5 Å². The van der Waals surface area contributed by atoms with Crippen LogP contribution in [0, 0.1) is 12.3 Å². The zero-order valence-electron chi connectivity index (χ0n) is 23.5. The number of fused-ring (bicyclic) bond motifs is 6. The Morgan fingerprint density at radius 2 is 1.62 bits per heavy atom. The van der Waals surface area contributed by atoms with Crippen LogP contribution in [0.4, 0.5) is 5.69 Å². The summed E-state index contributed by atoms with van der Waals surface area (Å²) >= 11 is 0. The number of hydrogen-bond acceptors (Lipinski definition) is 4. The molecular weight excluding hydrogens is 522 g/mol. The second kappa shape index (κ2) is 8.91. The maximum atomic E-state index is 15.4. The number of carbonyl (C=O) groups is 2. The average Bonchev–Trinajstić information content (AvgIpc) is 3.64. The van der Waals surface area contributed by atoms with Crippen LogP contribution in [0.3, 0.4) is 0 Å². The second-order valence-electron chi connectivity index (χ2n) is 11.9. The molecule has 42 heavy (non-hydrogen) atoms. The standard InChI is InChI=1S/C36H31N3O3/c1-21-12-17-28-26(20-21)25-18-19-35(33(40)32(25)37-28)30(22-13-15-24(42-2)16-14-22)31(23-8-4-3-5-9-23)39-36(35)27-10-6-7-11-29(27)38-34(36)41/h3-17,20,30-31,37,39H,18-19H2,1-2H3,(H,38,41)/t30-,31+,35+,36-/m0/s1. The third-order valence-electron chi connectivity index (χ3n) is 9.92. The van der Waals surface area contributed by atoms with Crippen LogP contribution in [0.25, 0.3) is 10.9 Å². The summed E-state index contributed by atoms with van der Waals surface area (Å²) in [5.41, 5.74) is 5.01. The predicted octanol–water partition coefficient (Wildman–Crippen LogP) is 6.58. The molecule has 1 saturated heterocycles. The SMILES string of the molecule is COc1ccc([C@H]2[C@@H](c3ccccc3)N[C@@]3(C(=O)Nc4ccccc43)[C@]23CCc2c([nH]c4ccc(C)cc24)C3=O)cc1. The Kier molecular flexibility index (Phi) is 5.32. The Hall–Kier alpha value is -4.68. The van der Waals surface area contributed by atoms with Gasteiger partial charge in [0.05, 0.1) is 18.2 Å². The highest BCUT2D eigenvalue weighted by Gasteiger charge is 2.74. The topological polar surface area (TPSA) is 83.2 Å². The number of methoxy groups -OCH3 is 1. The van der Waals surface area contributed by atoms with Crippen molar-refractivity contribution in [3.8, 4) is 5.75 Å². The first-order valence-electron chi connectivity index (χ1n) is 14.5. The van der Waals surface area contributed by atoms with E-state index in [1.807, 2.05) is 54.6 Å². The smallest absolute Gasteiger partial charge is 0.250 e. The van der Waals surface area contributed by atoms with E-state index in [2.05, 4.69) is 65.0 Å². The lowest BCUT2D eigenvalue weighted by Gasteiger charge is -2.46. The van der Waals surface area contributed by atoms with Crippen LogP contribution in [-0.4, -0.2) is 23.8 Å². The molecule has 5 aromatic rings. The van der Waals surface area contributed by atoms with Gasteiger partial charge in [-0.1, -0.05) is 72.3 Å². The molecule has 3 heterocycles. The van der Waals surface area contributed by atoms with Crippen molar-refractivity contribution in [2.24, 2.45) is 5.41 Å². The van der Waals surface area contributed by atoms with Gasteiger partial charge in [0.2, 0.25) is 5.91 Å². The van der Waals surface area contributed by atoms with Gasteiger partial charge in [0, 0.05) is 34.1 Å². The summed E-state index contributed by atoms with van der Waals surface area (Å²) in [4.78, 5) is 33.4. The summed E-state index contributed by atoms with van der Waals surface area (Å²) in [5.74, 6) is 0.217. The molecule has 6 nitrogen and oxygen atoms in total. The lowest BCUT2D eigenvalue weighted by Crippen LogP contribution is -2.59. The first kappa shape index (κ1) is 25.1. The normalized spacial score (nSPS) is 26.0. The fraction of sp³-hybridized carbons (Fsp3) is 0.222. The van der Waals surface area contributed by atoms with Gasteiger partial charge in [-0.05, 0) is 66.8 Å². The van der Waals surface area contributed by atoms with Gasteiger partial charge in [0.1, 0.15) is 11.3 Å². The highest BCUT2D eigenvalue weighted by atomic mass is 16.5. The van der Waals surface area contributed by atoms with Crippen molar-refractivity contribution < 1.29 is 14.3 Å². The number of rotatable bonds is 3. The molecule has 6 heteroatoms. The van der Waals surface area contributed by atoms with Crippen molar-refractivity contribution in [3.63, 3.8) is 0 Å². The van der Waals surface area contributed by atoms with Crippen LogP contribution in [0.5, 0.6) is 5.75 Å². The molecule has 0 radical (unpaired) electrons. The molecule has 1 fully saturated rings. The lowest BCUT2D eigenvalue weighted by atomic mass is 9.53. The molecule has 0 unspecified atom stereocenters. The zero-order chi connectivity index (χ0) is 28.6. The van der Waals surface area contributed by atoms with Crippen molar-refractivity contribution >= 4 is 28.3 Å². The molecule has 3 aliphatic rings. The van der Waals surface area contributed by atoms with E-state index >= 15 is 4.79 Å². The highest BCUT2D eigenvalue weighted by Crippen LogP contribution is 2.67. The minimum atomic E-state index is -1.27. The predicted molar refractivity (Wildman–Crippen MR) is 163 cm³/mol. The molecule has 1 aromatic heterocycles. The molecule has 2 spiro atoms. The van der Waals surface area contributed by atoms with Gasteiger partial charge in [-0.2, -0.15) is 0 Å². The van der Waals surface area contributed by atoms with E-state index in [-0.39, 0.29) is 23.7 Å². The number of ether oxygens (including phenoxy) is 1. The summed E-state index contributed by atoms with van der Waals surface area (Å²) in [7, 11) is 1.65. The third-order valence-corrected chi connectivity index (χ3v) is 9.92. The Balaban J connectivity index is 1.45. The van der Waals surface area contributed by atoms with Crippen LogP contribution >= 0.6 is 0 Å². The van der Waals surface area contributed by atoms with Crippen LogP contribution < -0.4 is 15.4 Å². The number of ketones is 1. The molecular formula is C36H31N3O3. The molecule has 8 rings (SSSR count). The number of para-hydroxylation sites is 1. The summed E-state index contributed by atoms with van der Waals surface area (Å²) in [6.07, 6.45) is 1.20. The summed E-state index contributed by atoms with van der Waals surface area (Å²) < 4.78 is 5.50. The fourth-order valence-electron chi connectivity index (χ4n) is 8.16. The van der Waals surface area contributed by atoms with Crippen LogP contribution in [0.1, 0.15) is 56.7 Å². The molecule has 1 aliphatic carbocycles. The van der Waals surface area contributed by atoms with Crippen LogP contribution in [0.15, 0.2) is 97.1 Å². The second-order valence-corrected chi connectivity index (χ2v) is 11.9. The first-order valence-corrected chi connectivity index (χ1v) is 14.5. The molecule has 0 saturated carbocycles. The van der Waals surface area contributed by atoms with Gasteiger partial charge in [-0.3, -0.25) is 14.9 Å². The molecule has 4 aromatic carbocycles. The van der Waals surface area contributed by atoms with Crippen LogP contribution in [-0.2, 0) is 16.8 Å². The number of hydrogen-bond donors (Lipinski definition) is 3. The number of aromatic amines is 1. The number of carbonyl (C=O) groups excluding carboxylic acids is 2. The van der Waals surface area contributed by atoms with E-state index in [9.17, 15) is 4.79 Å². The van der Waals surface area contributed by atoms with Gasteiger partial charge < -0.3 is 15.0 Å². The Bertz CT molecular complexity index is 1890. The zero-order valence-corrected chi connectivity index (χ0v) is 23.5. The number of benzene rings is 4. The first-order chi connectivity index (χ1) is 20.5.